The number of rotatable bonds is 7. The van der Waals surface area contributed by atoms with Gasteiger partial charge in [-0.05, 0) is 18.1 Å². The molecule has 2 aromatic rings. The van der Waals surface area contributed by atoms with Crippen molar-refractivity contribution in [3.63, 3.8) is 0 Å². The molecule has 1 atom stereocenters. The van der Waals surface area contributed by atoms with Crippen molar-refractivity contribution in [2.24, 2.45) is 0 Å². The Bertz CT molecular complexity index is 851. The van der Waals surface area contributed by atoms with Crippen LogP contribution in [0.2, 0.25) is 0 Å². The number of nitrogens with one attached hydrogen (secondary N) is 1. The van der Waals surface area contributed by atoms with Gasteiger partial charge < -0.3 is 5.11 Å². The van der Waals surface area contributed by atoms with Crippen molar-refractivity contribution in [3.8, 4) is 0 Å². The van der Waals surface area contributed by atoms with E-state index in [0.717, 1.165) is 18.2 Å². The van der Waals surface area contributed by atoms with Gasteiger partial charge >= 0.3 is 5.97 Å². The number of carboxylic acid groups (broad SMARTS) is 1. The van der Waals surface area contributed by atoms with E-state index in [0.29, 0.717) is 5.56 Å². The summed E-state index contributed by atoms with van der Waals surface area (Å²) in [4.78, 5) is 21.0. The molecule has 126 valence electrons. The van der Waals surface area contributed by atoms with Gasteiger partial charge in [-0.1, -0.05) is 36.4 Å². The highest BCUT2D eigenvalue weighted by Crippen LogP contribution is 2.18. The van der Waals surface area contributed by atoms with Crippen molar-refractivity contribution in [2.45, 2.75) is 17.4 Å². The first-order valence-electron chi connectivity index (χ1n) is 6.83. The normalized spacial score (nSPS) is 12.5. The molecule has 2 rings (SSSR count). The molecule has 0 radical (unpaired) electrons. The zero-order valence-corrected chi connectivity index (χ0v) is 13.1. The average Bonchev–Trinajstić information content (AvgIpc) is 2.55. The minimum absolute atomic E-state index is 0.0513. The Morgan fingerprint density at radius 3 is 2.42 bits per heavy atom. The Morgan fingerprint density at radius 2 is 1.83 bits per heavy atom. The fraction of sp³-hybridized carbons (Fsp3) is 0.133. The van der Waals surface area contributed by atoms with Crippen molar-refractivity contribution < 1.29 is 23.2 Å². The second kappa shape index (κ2) is 7.20. The smallest absolute Gasteiger partial charge is 0.322 e. The maximum absolute atomic E-state index is 12.3. The summed E-state index contributed by atoms with van der Waals surface area (Å²) in [6.07, 6.45) is -0.0513. The number of nitro benzene ring substituents is 1. The summed E-state index contributed by atoms with van der Waals surface area (Å²) in [5, 5.41) is 20.0. The molecule has 0 fully saturated rings. The Labute approximate surface area is 138 Å². The summed E-state index contributed by atoms with van der Waals surface area (Å²) in [5.74, 6) is -1.34. The Morgan fingerprint density at radius 1 is 1.17 bits per heavy atom. The molecule has 0 aliphatic carbocycles. The van der Waals surface area contributed by atoms with Crippen LogP contribution in [0.1, 0.15) is 5.56 Å². The first-order chi connectivity index (χ1) is 11.3. The Balaban J connectivity index is 2.26. The fourth-order valence-corrected chi connectivity index (χ4v) is 3.28. The van der Waals surface area contributed by atoms with E-state index in [1.165, 1.54) is 6.07 Å². The summed E-state index contributed by atoms with van der Waals surface area (Å²) < 4.78 is 26.7. The first kappa shape index (κ1) is 17.6. The van der Waals surface area contributed by atoms with Gasteiger partial charge in [-0.15, -0.1) is 0 Å². The second-order valence-electron chi connectivity index (χ2n) is 4.96. The molecule has 0 heterocycles. The number of aliphatic carboxylic acids is 1. The molecule has 24 heavy (non-hydrogen) atoms. The SMILES string of the molecule is O=C(O)[C@@H](Cc1ccccc1)NS(=O)(=O)c1cccc([N+](=O)[O-])c1. The summed E-state index contributed by atoms with van der Waals surface area (Å²) >= 11 is 0. The number of hydrogen-bond donors (Lipinski definition) is 2. The van der Waals surface area contributed by atoms with E-state index >= 15 is 0 Å². The highest BCUT2D eigenvalue weighted by Gasteiger charge is 2.26. The van der Waals surface area contributed by atoms with Crippen LogP contribution in [0.15, 0.2) is 59.5 Å². The van der Waals surface area contributed by atoms with Crippen LogP contribution >= 0.6 is 0 Å². The van der Waals surface area contributed by atoms with E-state index in [-0.39, 0.29) is 11.3 Å². The molecule has 0 amide bonds. The van der Waals surface area contributed by atoms with Crippen molar-refractivity contribution in [1.29, 1.82) is 0 Å². The molecule has 9 heteroatoms. The van der Waals surface area contributed by atoms with Gasteiger partial charge in [-0.25, -0.2) is 8.42 Å². The Hall–Kier alpha value is -2.78. The molecule has 0 spiro atoms. The second-order valence-corrected chi connectivity index (χ2v) is 6.67. The van der Waals surface area contributed by atoms with Crippen LogP contribution in [0.4, 0.5) is 5.69 Å². The van der Waals surface area contributed by atoms with Gasteiger partial charge in [-0.3, -0.25) is 14.9 Å². The lowest BCUT2D eigenvalue weighted by molar-refractivity contribution is -0.385. The van der Waals surface area contributed by atoms with E-state index in [4.69, 9.17) is 0 Å². The predicted octanol–water partition coefficient (Wildman–Crippen LogP) is 1.57. The molecule has 0 saturated carbocycles. The van der Waals surface area contributed by atoms with Crippen molar-refractivity contribution in [2.75, 3.05) is 0 Å². The zero-order valence-electron chi connectivity index (χ0n) is 12.3. The maximum Gasteiger partial charge on any atom is 0.322 e. The molecule has 0 aromatic heterocycles. The molecule has 2 N–H and O–H groups in total. The van der Waals surface area contributed by atoms with Crippen molar-refractivity contribution >= 4 is 21.7 Å². The summed E-state index contributed by atoms with van der Waals surface area (Å²) in [6, 6.07) is 11.6. The predicted molar refractivity (Wildman–Crippen MR) is 85.0 cm³/mol. The van der Waals surface area contributed by atoms with Gasteiger partial charge in [0, 0.05) is 12.1 Å². The van der Waals surface area contributed by atoms with Crippen LogP contribution in [-0.2, 0) is 21.2 Å². The fourth-order valence-electron chi connectivity index (χ4n) is 2.05. The van der Waals surface area contributed by atoms with Crippen LogP contribution in [-0.4, -0.2) is 30.5 Å². The highest BCUT2D eigenvalue weighted by atomic mass is 32.2. The molecule has 0 saturated heterocycles. The standard InChI is InChI=1S/C15H14N2O6S/c18-15(19)14(9-11-5-2-1-3-6-11)16-24(22,23)13-8-4-7-12(10-13)17(20)21/h1-8,10,14,16H,9H2,(H,18,19)/t14-/m1/s1. The highest BCUT2D eigenvalue weighted by molar-refractivity contribution is 7.89. The van der Waals surface area contributed by atoms with E-state index in [9.17, 15) is 28.4 Å². The van der Waals surface area contributed by atoms with Gasteiger partial charge in [0.05, 0.1) is 9.82 Å². The van der Waals surface area contributed by atoms with E-state index < -0.39 is 32.6 Å². The minimum atomic E-state index is -4.22. The summed E-state index contributed by atoms with van der Waals surface area (Å²) in [5.41, 5.74) is 0.249. The molecule has 2 aromatic carbocycles. The number of nitro groups is 1. The average molecular weight is 350 g/mol. The number of benzene rings is 2. The van der Waals surface area contributed by atoms with Crippen LogP contribution in [0.5, 0.6) is 0 Å². The summed E-state index contributed by atoms with van der Waals surface area (Å²) in [6.45, 7) is 0. The molecule has 0 aliphatic rings. The molecular formula is C15H14N2O6S. The van der Waals surface area contributed by atoms with Gasteiger partial charge in [0.1, 0.15) is 6.04 Å². The third-order valence-electron chi connectivity index (χ3n) is 3.22. The minimum Gasteiger partial charge on any atom is -0.480 e. The van der Waals surface area contributed by atoms with Crippen molar-refractivity contribution in [3.05, 3.63) is 70.3 Å². The quantitative estimate of drug-likeness (QED) is 0.576. The van der Waals surface area contributed by atoms with Crippen LogP contribution < -0.4 is 4.72 Å². The maximum atomic E-state index is 12.3. The monoisotopic (exact) mass is 350 g/mol. The molecule has 0 unspecified atom stereocenters. The van der Waals surface area contributed by atoms with Crippen LogP contribution in [0.25, 0.3) is 0 Å². The van der Waals surface area contributed by atoms with Crippen molar-refractivity contribution in [1.82, 2.24) is 4.72 Å². The number of carboxylic acids is 1. The van der Waals surface area contributed by atoms with Gasteiger partial charge in [0.25, 0.3) is 5.69 Å². The molecular weight excluding hydrogens is 336 g/mol. The molecule has 0 bridgehead atoms. The van der Waals surface area contributed by atoms with Gasteiger partial charge in [-0.2, -0.15) is 4.72 Å². The number of non-ortho nitro benzene ring substituents is 1. The molecule has 0 aliphatic heterocycles. The van der Waals surface area contributed by atoms with Crippen LogP contribution in [0, 0.1) is 10.1 Å². The number of sulfonamides is 1. The third kappa shape index (κ3) is 4.37. The van der Waals surface area contributed by atoms with Gasteiger partial charge in [0.15, 0.2) is 0 Å². The topological polar surface area (TPSA) is 127 Å². The van der Waals surface area contributed by atoms with Crippen LogP contribution in [0.3, 0.4) is 0 Å². The molecule has 8 nitrogen and oxygen atoms in total. The summed E-state index contributed by atoms with van der Waals surface area (Å²) in [7, 11) is -4.22. The lowest BCUT2D eigenvalue weighted by Gasteiger charge is -2.15. The zero-order chi connectivity index (χ0) is 17.7. The largest absolute Gasteiger partial charge is 0.480 e. The van der Waals surface area contributed by atoms with E-state index in [2.05, 4.69) is 4.72 Å². The number of hydrogen-bond acceptors (Lipinski definition) is 5. The lowest BCUT2D eigenvalue weighted by atomic mass is 10.1. The third-order valence-corrected chi connectivity index (χ3v) is 4.69. The van der Waals surface area contributed by atoms with E-state index in [1.807, 2.05) is 0 Å². The first-order valence-corrected chi connectivity index (χ1v) is 8.31. The lowest BCUT2D eigenvalue weighted by Crippen LogP contribution is -2.42. The van der Waals surface area contributed by atoms with Gasteiger partial charge in [0.2, 0.25) is 10.0 Å². The number of nitrogens with zero attached hydrogens (tertiary/aromatic N) is 1. The van der Waals surface area contributed by atoms with E-state index in [1.54, 1.807) is 30.3 Å². The number of carbonyl (C=O) groups is 1. The Kier molecular flexibility index (Phi) is 5.27.